The van der Waals surface area contributed by atoms with Crippen molar-refractivity contribution in [2.24, 2.45) is 0 Å². The number of hydrogen-bond acceptors (Lipinski definition) is 2. The molecule has 1 fully saturated rings. The van der Waals surface area contributed by atoms with Crippen LogP contribution < -0.4 is 0 Å². The van der Waals surface area contributed by atoms with Crippen LogP contribution in [0.15, 0.2) is 0 Å². The second-order valence-electron chi connectivity index (χ2n) is 4.60. The average molecular weight is 215 g/mol. The summed E-state index contributed by atoms with van der Waals surface area (Å²) in [6, 6.07) is 0. The van der Waals surface area contributed by atoms with Crippen molar-refractivity contribution in [3.05, 3.63) is 0 Å². The van der Waals surface area contributed by atoms with Gasteiger partial charge in [-0.25, -0.2) is 0 Å². The first kappa shape index (κ1) is 12.4. The Kier molecular flexibility index (Phi) is 5.32. The van der Waals surface area contributed by atoms with E-state index in [2.05, 4.69) is 37.4 Å². The normalized spacial score (nSPS) is 19.9. The van der Waals surface area contributed by atoms with Crippen molar-refractivity contribution in [3.8, 4) is 0 Å². The van der Waals surface area contributed by atoms with Crippen LogP contribution in [0.3, 0.4) is 0 Å². The molecule has 1 heterocycles. The minimum Gasteiger partial charge on any atom is -0.296 e. The molecule has 0 N–H and O–H groups in total. The molecule has 0 amide bonds. The van der Waals surface area contributed by atoms with Crippen molar-refractivity contribution in [1.82, 2.24) is 4.90 Å². The molecular formula is C12H25NS. The average Bonchev–Trinajstić information content (AvgIpc) is 2.20. The first-order valence-corrected chi connectivity index (χ1v) is 7.21. The minimum absolute atomic E-state index is 0.491. The molecule has 0 aromatic heterocycles. The molecule has 84 valence electrons. The highest BCUT2D eigenvalue weighted by Crippen LogP contribution is 2.29. The lowest BCUT2D eigenvalue weighted by molar-refractivity contribution is 0.0955. The van der Waals surface area contributed by atoms with Gasteiger partial charge >= 0.3 is 0 Å². The van der Waals surface area contributed by atoms with Gasteiger partial charge in [0.05, 0.1) is 0 Å². The van der Waals surface area contributed by atoms with Gasteiger partial charge in [0.25, 0.3) is 0 Å². The summed E-state index contributed by atoms with van der Waals surface area (Å²) in [6.07, 6.45) is 5.37. The van der Waals surface area contributed by atoms with Gasteiger partial charge < -0.3 is 0 Å². The van der Waals surface area contributed by atoms with Crippen LogP contribution in [0.2, 0.25) is 0 Å². The maximum atomic E-state index is 2.73. The number of thioether (sulfide) groups is 1. The van der Waals surface area contributed by atoms with Crippen LogP contribution in [0.4, 0.5) is 0 Å². The molecule has 0 aromatic rings. The van der Waals surface area contributed by atoms with Crippen LogP contribution in [-0.4, -0.2) is 35.0 Å². The summed E-state index contributed by atoms with van der Waals surface area (Å²) in [6.45, 7) is 9.71. The second kappa shape index (κ2) is 6.02. The summed E-state index contributed by atoms with van der Waals surface area (Å²) in [5.41, 5.74) is 0.491. The van der Waals surface area contributed by atoms with Crippen LogP contribution >= 0.6 is 11.8 Å². The van der Waals surface area contributed by atoms with Crippen LogP contribution in [0.25, 0.3) is 0 Å². The molecule has 0 bridgehead atoms. The van der Waals surface area contributed by atoms with E-state index in [1.165, 1.54) is 50.3 Å². The molecule has 0 saturated carbocycles. The van der Waals surface area contributed by atoms with Gasteiger partial charge in [0.2, 0.25) is 0 Å². The van der Waals surface area contributed by atoms with Crippen LogP contribution in [-0.2, 0) is 0 Å². The summed E-state index contributed by atoms with van der Waals surface area (Å²) in [5, 5.41) is 0. The fourth-order valence-corrected chi connectivity index (χ4v) is 3.52. The molecule has 0 radical (unpaired) electrons. The Morgan fingerprint density at radius 3 is 2.00 bits per heavy atom. The summed E-state index contributed by atoms with van der Waals surface area (Å²) < 4.78 is 0. The lowest BCUT2D eigenvalue weighted by atomic mass is 9.89. The molecule has 0 aromatic carbocycles. The van der Waals surface area contributed by atoms with Crippen LogP contribution in [0, 0.1) is 0 Å². The van der Waals surface area contributed by atoms with E-state index in [1.807, 2.05) is 0 Å². The third-order valence-corrected chi connectivity index (χ3v) is 4.29. The monoisotopic (exact) mass is 215 g/mol. The predicted molar refractivity (Wildman–Crippen MR) is 67.1 cm³/mol. The summed E-state index contributed by atoms with van der Waals surface area (Å²) in [4.78, 5) is 2.73. The lowest BCUT2D eigenvalue weighted by Gasteiger charge is -2.43. The zero-order chi connectivity index (χ0) is 10.4. The van der Waals surface area contributed by atoms with E-state index in [1.54, 1.807) is 0 Å². The van der Waals surface area contributed by atoms with E-state index in [-0.39, 0.29) is 0 Å². The maximum Gasteiger partial charge on any atom is 0.0181 e. The fraction of sp³-hybridized carbons (Fsp3) is 1.00. The van der Waals surface area contributed by atoms with Gasteiger partial charge in [-0.15, -0.1) is 0 Å². The molecule has 14 heavy (non-hydrogen) atoms. The van der Waals surface area contributed by atoms with Gasteiger partial charge in [-0.2, -0.15) is 11.8 Å². The maximum absolute atomic E-state index is 2.73. The number of hydrogen-bond donors (Lipinski definition) is 0. The molecule has 1 nitrogen and oxygen atoms in total. The lowest BCUT2D eigenvalue weighted by Crippen LogP contribution is -2.50. The third kappa shape index (κ3) is 3.16. The smallest absolute Gasteiger partial charge is 0.0181 e. The van der Waals surface area contributed by atoms with Gasteiger partial charge in [0, 0.05) is 30.1 Å². The zero-order valence-corrected chi connectivity index (χ0v) is 10.8. The molecule has 0 unspecified atom stereocenters. The highest BCUT2D eigenvalue weighted by molar-refractivity contribution is 7.99. The third-order valence-electron chi connectivity index (χ3n) is 3.35. The van der Waals surface area contributed by atoms with Crippen molar-refractivity contribution in [2.45, 2.75) is 52.0 Å². The Balaban J connectivity index is 2.54. The van der Waals surface area contributed by atoms with Crippen molar-refractivity contribution in [1.29, 1.82) is 0 Å². The van der Waals surface area contributed by atoms with E-state index in [0.717, 1.165) is 0 Å². The minimum atomic E-state index is 0.491. The van der Waals surface area contributed by atoms with Gasteiger partial charge in [0.15, 0.2) is 0 Å². The Labute approximate surface area is 93.6 Å². The summed E-state index contributed by atoms with van der Waals surface area (Å²) in [7, 11) is 0. The first-order valence-electron chi connectivity index (χ1n) is 6.05. The SMILES string of the molecule is CCCC(C)(CCC)N1CCSCC1. The molecule has 0 aliphatic carbocycles. The molecule has 1 aliphatic heterocycles. The summed E-state index contributed by atoms with van der Waals surface area (Å²) >= 11 is 2.11. The zero-order valence-electron chi connectivity index (χ0n) is 10.0. The first-order chi connectivity index (χ1) is 6.73. The topological polar surface area (TPSA) is 3.24 Å². The Hall–Kier alpha value is 0.310. The molecule has 0 spiro atoms. The van der Waals surface area contributed by atoms with E-state index >= 15 is 0 Å². The highest BCUT2D eigenvalue weighted by atomic mass is 32.2. The van der Waals surface area contributed by atoms with Gasteiger partial charge in [-0.05, 0) is 19.8 Å². The fourth-order valence-electron chi connectivity index (χ4n) is 2.62. The second-order valence-corrected chi connectivity index (χ2v) is 5.82. The number of nitrogens with zero attached hydrogens (tertiary/aromatic N) is 1. The molecular weight excluding hydrogens is 190 g/mol. The largest absolute Gasteiger partial charge is 0.296 e. The van der Waals surface area contributed by atoms with Crippen molar-refractivity contribution >= 4 is 11.8 Å². The molecule has 1 saturated heterocycles. The van der Waals surface area contributed by atoms with Gasteiger partial charge in [-0.1, -0.05) is 26.7 Å². The summed E-state index contributed by atoms with van der Waals surface area (Å²) in [5.74, 6) is 2.67. The van der Waals surface area contributed by atoms with Crippen molar-refractivity contribution < 1.29 is 0 Å². The Morgan fingerprint density at radius 1 is 1.07 bits per heavy atom. The Bertz CT molecular complexity index is 146. The molecule has 1 rings (SSSR count). The standard InChI is InChI=1S/C12H25NS/c1-4-6-12(3,7-5-2)13-8-10-14-11-9-13/h4-11H2,1-3H3. The van der Waals surface area contributed by atoms with Crippen molar-refractivity contribution in [2.75, 3.05) is 24.6 Å². The van der Waals surface area contributed by atoms with Gasteiger partial charge in [0.1, 0.15) is 0 Å². The Morgan fingerprint density at radius 2 is 1.57 bits per heavy atom. The highest BCUT2D eigenvalue weighted by Gasteiger charge is 2.30. The molecule has 0 atom stereocenters. The van der Waals surface area contributed by atoms with Crippen molar-refractivity contribution in [3.63, 3.8) is 0 Å². The predicted octanol–water partition coefficient (Wildman–Crippen LogP) is 3.39. The van der Waals surface area contributed by atoms with Crippen LogP contribution in [0.1, 0.15) is 46.5 Å². The van der Waals surface area contributed by atoms with Gasteiger partial charge in [-0.3, -0.25) is 4.90 Å². The van der Waals surface area contributed by atoms with E-state index in [4.69, 9.17) is 0 Å². The quantitative estimate of drug-likeness (QED) is 0.691. The molecule has 1 aliphatic rings. The van der Waals surface area contributed by atoms with E-state index in [0.29, 0.717) is 5.54 Å². The van der Waals surface area contributed by atoms with Crippen LogP contribution in [0.5, 0.6) is 0 Å². The van der Waals surface area contributed by atoms with E-state index < -0.39 is 0 Å². The number of rotatable bonds is 5. The van der Waals surface area contributed by atoms with E-state index in [9.17, 15) is 0 Å². The molecule has 2 heteroatoms.